The SMILES string of the molecule is Cc1cc(CN(C)C(=O)c2cccc(NC(=O)C3Cc4ccccc4O3)c2)no1. The Hall–Kier alpha value is -3.61. The summed E-state index contributed by atoms with van der Waals surface area (Å²) in [6, 6.07) is 16.3. The molecule has 0 bridgehead atoms. The minimum atomic E-state index is -0.579. The molecule has 1 aromatic heterocycles. The Balaban J connectivity index is 1.40. The average molecular weight is 391 g/mol. The first-order valence-electron chi connectivity index (χ1n) is 9.33. The van der Waals surface area contributed by atoms with Gasteiger partial charge in [0.25, 0.3) is 11.8 Å². The highest BCUT2D eigenvalue weighted by Gasteiger charge is 2.28. The van der Waals surface area contributed by atoms with E-state index in [0.717, 1.165) is 11.3 Å². The van der Waals surface area contributed by atoms with Gasteiger partial charge in [-0.1, -0.05) is 29.4 Å². The van der Waals surface area contributed by atoms with E-state index in [4.69, 9.17) is 9.26 Å². The third-order valence-electron chi connectivity index (χ3n) is 4.74. The summed E-state index contributed by atoms with van der Waals surface area (Å²) in [5.74, 6) is 1.02. The topological polar surface area (TPSA) is 84.7 Å². The van der Waals surface area contributed by atoms with Crippen molar-refractivity contribution in [2.75, 3.05) is 12.4 Å². The Morgan fingerprint density at radius 1 is 1.17 bits per heavy atom. The van der Waals surface area contributed by atoms with Crippen LogP contribution < -0.4 is 10.1 Å². The fourth-order valence-electron chi connectivity index (χ4n) is 3.31. The van der Waals surface area contributed by atoms with E-state index < -0.39 is 6.10 Å². The van der Waals surface area contributed by atoms with Crippen LogP contribution in [-0.4, -0.2) is 35.0 Å². The van der Waals surface area contributed by atoms with Gasteiger partial charge in [0.05, 0.1) is 6.54 Å². The van der Waals surface area contributed by atoms with Crippen LogP contribution in [0.25, 0.3) is 0 Å². The largest absolute Gasteiger partial charge is 0.480 e. The number of fused-ring (bicyclic) bond motifs is 1. The Bertz CT molecular complexity index is 1030. The number of carbonyl (C=O) groups excluding carboxylic acids is 2. The zero-order chi connectivity index (χ0) is 20.4. The van der Waals surface area contributed by atoms with E-state index in [0.29, 0.717) is 35.7 Å². The molecule has 1 aliphatic rings. The second-order valence-electron chi connectivity index (χ2n) is 7.08. The van der Waals surface area contributed by atoms with Crippen molar-refractivity contribution in [3.63, 3.8) is 0 Å². The summed E-state index contributed by atoms with van der Waals surface area (Å²) in [6.45, 7) is 2.14. The number of benzene rings is 2. The molecule has 2 aromatic carbocycles. The second kappa shape index (κ2) is 7.79. The first kappa shape index (κ1) is 18.7. The van der Waals surface area contributed by atoms with Crippen LogP contribution in [0.4, 0.5) is 5.69 Å². The average Bonchev–Trinajstić information content (AvgIpc) is 3.33. The number of nitrogens with one attached hydrogen (secondary N) is 1. The molecule has 1 aliphatic heterocycles. The maximum atomic E-state index is 12.7. The van der Waals surface area contributed by atoms with Crippen molar-refractivity contribution in [3.8, 4) is 5.75 Å². The zero-order valence-electron chi connectivity index (χ0n) is 16.2. The van der Waals surface area contributed by atoms with Gasteiger partial charge in [-0.05, 0) is 36.8 Å². The normalized spacial score (nSPS) is 14.8. The lowest BCUT2D eigenvalue weighted by Crippen LogP contribution is -2.31. The highest BCUT2D eigenvalue weighted by Crippen LogP contribution is 2.28. The number of carbonyl (C=O) groups is 2. The standard InChI is InChI=1S/C22H21N3O4/c1-14-10-18(24-29-14)13-25(2)22(27)16-7-5-8-17(11-16)23-21(26)20-12-15-6-3-4-9-19(15)28-20/h3-11,20H,12-13H2,1-2H3,(H,23,26). The summed E-state index contributed by atoms with van der Waals surface area (Å²) in [4.78, 5) is 26.9. The van der Waals surface area contributed by atoms with Gasteiger partial charge >= 0.3 is 0 Å². The Kier molecular flexibility index (Phi) is 5.03. The second-order valence-corrected chi connectivity index (χ2v) is 7.08. The fraction of sp³-hybridized carbons (Fsp3) is 0.227. The van der Waals surface area contributed by atoms with E-state index in [9.17, 15) is 9.59 Å². The number of nitrogens with zero attached hydrogens (tertiary/aromatic N) is 2. The molecule has 0 saturated carbocycles. The molecular weight excluding hydrogens is 370 g/mol. The number of amides is 2. The molecular formula is C22H21N3O4. The van der Waals surface area contributed by atoms with Crippen LogP contribution in [0.1, 0.15) is 27.4 Å². The monoisotopic (exact) mass is 391 g/mol. The van der Waals surface area contributed by atoms with Gasteiger partial charge in [-0.3, -0.25) is 9.59 Å². The molecule has 0 fully saturated rings. The Morgan fingerprint density at radius 2 is 2.00 bits per heavy atom. The van der Waals surface area contributed by atoms with Crippen molar-refractivity contribution in [2.45, 2.75) is 26.0 Å². The number of rotatable bonds is 5. The maximum Gasteiger partial charge on any atom is 0.265 e. The van der Waals surface area contributed by atoms with Gasteiger partial charge in [0.1, 0.15) is 17.2 Å². The van der Waals surface area contributed by atoms with Crippen molar-refractivity contribution in [1.82, 2.24) is 10.1 Å². The lowest BCUT2D eigenvalue weighted by molar-refractivity contribution is -0.122. The summed E-state index contributed by atoms with van der Waals surface area (Å²) in [7, 11) is 1.70. The number of aryl methyl sites for hydroxylation is 1. The Labute approximate surface area is 168 Å². The summed E-state index contributed by atoms with van der Waals surface area (Å²) in [5, 5.41) is 6.75. The molecule has 3 aromatic rings. The van der Waals surface area contributed by atoms with E-state index in [1.165, 1.54) is 0 Å². The van der Waals surface area contributed by atoms with Crippen LogP contribution in [0.3, 0.4) is 0 Å². The number of aromatic nitrogens is 1. The quantitative estimate of drug-likeness (QED) is 0.722. The van der Waals surface area contributed by atoms with Gasteiger partial charge in [0.2, 0.25) is 0 Å². The third-order valence-corrected chi connectivity index (χ3v) is 4.74. The first-order valence-corrected chi connectivity index (χ1v) is 9.33. The van der Waals surface area contributed by atoms with Crippen LogP contribution >= 0.6 is 0 Å². The lowest BCUT2D eigenvalue weighted by atomic mass is 10.1. The van der Waals surface area contributed by atoms with Crippen LogP contribution in [-0.2, 0) is 17.8 Å². The number of ether oxygens (including phenoxy) is 1. The number of hydrogen-bond acceptors (Lipinski definition) is 5. The summed E-state index contributed by atoms with van der Waals surface area (Å²) < 4.78 is 10.8. The number of hydrogen-bond donors (Lipinski definition) is 1. The maximum absolute atomic E-state index is 12.7. The van der Waals surface area contributed by atoms with Gasteiger partial charge in [-0.25, -0.2) is 0 Å². The molecule has 7 nitrogen and oxygen atoms in total. The molecule has 1 N–H and O–H groups in total. The smallest absolute Gasteiger partial charge is 0.265 e. The number of para-hydroxylation sites is 1. The van der Waals surface area contributed by atoms with Gasteiger partial charge in [-0.2, -0.15) is 0 Å². The highest BCUT2D eigenvalue weighted by molar-refractivity contribution is 5.98. The molecule has 1 atom stereocenters. The van der Waals surface area contributed by atoms with Gasteiger partial charge in [0.15, 0.2) is 6.10 Å². The van der Waals surface area contributed by atoms with Gasteiger partial charge in [-0.15, -0.1) is 0 Å². The van der Waals surface area contributed by atoms with Crippen LogP contribution in [0, 0.1) is 6.92 Å². The Morgan fingerprint density at radius 3 is 2.76 bits per heavy atom. The molecule has 1 unspecified atom stereocenters. The van der Waals surface area contributed by atoms with Crippen LogP contribution in [0.2, 0.25) is 0 Å². The molecule has 4 rings (SSSR count). The molecule has 2 heterocycles. The number of anilines is 1. The minimum Gasteiger partial charge on any atom is -0.480 e. The molecule has 0 radical (unpaired) electrons. The molecule has 0 spiro atoms. The summed E-state index contributed by atoms with van der Waals surface area (Å²) in [5.41, 5.74) is 2.72. The van der Waals surface area contributed by atoms with Crippen molar-refractivity contribution in [1.29, 1.82) is 0 Å². The van der Waals surface area contributed by atoms with E-state index in [1.807, 2.05) is 24.3 Å². The molecule has 148 valence electrons. The van der Waals surface area contributed by atoms with Crippen molar-refractivity contribution >= 4 is 17.5 Å². The molecule has 0 aliphatic carbocycles. The van der Waals surface area contributed by atoms with Crippen molar-refractivity contribution < 1.29 is 18.8 Å². The van der Waals surface area contributed by atoms with Crippen molar-refractivity contribution in [3.05, 3.63) is 77.2 Å². The highest BCUT2D eigenvalue weighted by atomic mass is 16.5. The van der Waals surface area contributed by atoms with E-state index in [1.54, 1.807) is 49.2 Å². The first-order chi connectivity index (χ1) is 14.0. The van der Waals surface area contributed by atoms with Crippen molar-refractivity contribution in [2.24, 2.45) is 0 Å². The minimum absolute atomic E-state index is 0.175. The summed E-state index contributed by atoms with van der Waals surface area (Å²) in [6.07, 6.45) is -0.0506. The third kappa shape index (κ3) is 4.13. The molecule has 0 saturated heterocycles. The summed E-state index contributed by atoms with van der Waals surface area (Å²) >= 11 is 0. The van der Waals surface area contributed by atoms with E-state index in [-0.39, 0.29) is 11.8 Å². The predicted molar refractivity (Wildman–Crippen MR) is 107 cm³/mol. The van der Waals surface area contributed by atoms with Crippen LogP contribution in [0.5, 0.6) is 5.75 Å². The van der Waals surface area contributed by atoms with Gasteiger partial charge < -0.3 is 19.5 Å². The van der Waals surface area contributed by atoms with E-state index in [2.05, 4.69) is 10.5 Å². The van der Waals surface area contributed by atoms with Crippen LogP contribution in [0.15, 0.2) is 59.1 Å². The van der Waals surface area contributed by atoms with Gasteiger partial charge in [0, 0.05) is 30.8 Å². The van der Waals surface area contributed by atoms with E-state index >= 15 is 0 Å². The fourth-order valence-corrected chi connectivity index (χ4v) is 3.31. The predicted octanol–water partition coefficient (Wildman–Crippen LogP) is 3.20. The zero-order valence-corrected chi connectivity index (χ0v) is 16.2. The lowest BCUT2D eigenvalue weighted by Gasteiger charge is -2.16. The molecule has 2 amide bonds. The molecule has 7 heteroatoms. The molecule has 29 heavy (non-hydrogen) atoms.